The molecule has 1 amide bonds. The van der Waals surface area contributed by atoms with Gasteiger partial charge in [-0.1, -0.05) is 30.3 Å². The molecule has 1 N–H and O–H groups in total. The zero-order valence-corrected chi connectivity index (χ0v) is 13.7. The second-order valence-electron chi connectivity index (χ2n) is 6.41. The fraction of sp³-hybridized carbons (Fsp3) is 0.611. The van der Waals surface area contributed by atoms with Gasteiger partial charge in [0.2, 0.25) is 5.91 Å². The van der Waals surface area contributed by atoms with Gasteiger partial charge in [-0.3, -0.25) is 9.69 Å². The van der Waals surface area contributed by atoms with Crippen LogP contribution in [0.3, 0.4) is 0 Å². The molecule has 0 bridgehead atoms. The van der Waals surface area contributed by atoms with Crippen LogP contribution in [0.2, 0.25) is 0 Å². The molecular formula is C18H27N3O2. The van der Waals surface area contributed by atoms with E-state index in [2.05, 4.69) is 34.5 Å². The van der Waals surface area contributed by atoms with Crippen LogP contribution < -0.4 is 5.32 Å². The molecule has 0 radical (unpaired) electrons. The number of nitrogens with one attached hydrogen (secondary N) is 1. The molecule has 2 saturated heterocycles. The van der Waals surface area contributed by atoms with Crippen molar-refractivity contribution >= 4 is 5.91 Å². The number of carbonyl (C=O) groups is 1. The third-order valence-electron chi connectivity index (χ3n) is 4.65. The van der Waals surface area contributed by atoms with E-state index in [-0.39, 0.29) is 5.91 Å². The van der Waals surface area contributed by atoms with Gasteiger partial charge in [-0.2, -0.15) is 0 Å². The minimum atomic E-state index is 0.211. The molecule has 5 heteroatoms. The summed E-state index contributed by atoms with van der Waals surface area (Å²) in [6.45, 7) is 6.61. The van der Waals surface area contributed by atoms with Crippen LogP contribution in [0.1, 0.15) is 18.4 Å². The van der Waals surface area contributed by atoms with Crippen molar-refractivity contribution in [2.75, 3.05) is 45.9 Å². The zero-order chi connectivity index (χ0) is 15.9. The fourth-order valence-corrected chi connectivity index (χ4v) is 3.25. The molecule has 2 fully saturated rings. The SMILES string of the molecule is O=C(CNCC1CCCO1)N1CCN(Cc2ccccc2)CC1. The topological polar surface area (TPSA) is 44.8 Å². The Morgan fingerprint density at radius 3 is 2.65 bits per heavy atom. The largest absolute Gasteiger partial charge is 0.377 e. The Balaban J connectivity index is 1.34. The number of ether oxygens (including phenoxy) is 1. The van der Waals surface area contributed by atoms with Crippen molar-refractivity contribution in [3.8, 4) is 0 Å². The summed E-state index contributed by atoms with van der Waals surface area (Å²) in [6.07, 6.45) is 2.55. The Bertz CT molecular complexity index is 480. The first-order chi connectivity index (χ1) is 11.3. The Kier molecular flexibility index (Phi) is 6.02. The van der Waals surface area contributed by atoms with Crippen LogP contribution in [0, 0.1) is 0 Å². The van der Waals surface area contributed by atoms with Crippen LogP contribution in [0.25, 0.3) is 0 Å². The molecule has 1 unspecified atom stereocenters. The minimum Gasteiger partial charge on any atom is -0.377 e. The molecule has 2 aliphatic rings. The summed E-state index contributed by atoms with van der Waals surface area (Å²) in [6, 6.07) is 10.5. The summed E-state index contributed by atoms with van der Waals surface area (Å²) < 4.78 is 5.56. The van der Waals surface area contributed by atoms with E-state index in [0.717, 1.165) is 58.7 Å². The number of benzene rings is 1. The van der Waals surface area contributed by atoms with Crippen LogP contribution in [-0.2, 0) is 16.1 Å². The molecule has 1 aromatic rings. The third-order valence-corrected chi connectivity index (χ3v) is 4.65. The molecule has 0 saturated carbocycles. The molecule has 126 valence electrons. The van der Waals surface area contributed by atoms with Crippen molar-refractivity contribution in [2.45, 2.75) is 25.5 Å². The monoisotopic (exact) mass is 317 g/mol. The van der Waals surface area contributed by atoms with E-state index < -0.39 is 0 Å². The average molecular weight is 317 g/mol. The number of hydrogen-bond donors (Lipinski definition) is 1. The standard InChI is InChI=1S/C18H27N3O2/c22-18(14-19-13-17-7-4-12-23-17)21-10-8-20(9-11-21)15-16-5-2-1-3-6-16/h1-3,5-6,17,19H,4,7-15H2. The Hall–Kier alpha value is -1.43. The van der Waals surface area contributed by atoms with Crippen LogP contribution in [0.15, 0.2) is 30.3 Å². The molecule has 3 rings (SSSR count). The van der Waals surface area contributed by atoms with Crippen molar-refractivity contribution < 1.29 is 9.53 Å². The quantitative estimate of drug-likeness (QED) is 0.853. The number of nitrogens with zero attached hydrogens (tertiary/aromatic N) is 2. The summed E-state index contributed by atoms with van der Waals surface area (Å²) in [5.41, 5.74) is 1.34. The average Bonchev–Trinajstić information content (AvgIpc) is 3.10. The van der Waals surface area contributed by atoms with Crippen molar-refractivity contribution in [2.24, 2.45) is 0 Å². The van der Waals surface area contributed by atoms with Crippen molar-refractivity contribution in [3.63, 3.8) is 0 Å². The van der Waals surface area contributed by atoms with Crippen LogP contribution in [0.5, 0.6) is 0 Å². The van der Waals surface area contributed by atoms with E-state index in [0.29, 0.717) is 12.6 Å². The van der Waals surface area contributed by atoms with Crippen LogP contribution in [0.4, 0.5) is 0 Å². The highest BCUT2D eigenvalue weighted by atomic mass is 16.5. The molecule has 23 heavy (non-hydrogen) atoms. The first-order valence-electron chi connectivity index (χ1n) is 8.67. The second kappa shape index (κ2) is 8.43. The van der Waals surface area contributed by atoms with E-state index in [9.17, 15) is 4.79 Å². The Morgan fingerprint density at radius 2 is 1.96 bits per heavy atom. The lowest BCUT2D eigenvalue weighted by Gasteiger charge is -2.35. The molecular weight excluding hydrogens is 290 g/mol. The number of rotatable bonds is 6. The summed E-state index contributed by atoms with van der Waals surface area (Å²) in [5.74, 6) is 0.211. The van der Waals surface area contributed by atoms with Gasteiger partial charge in [0.25, 0.3) is 0 Å². The number of hydrogen-bond acceptors (Lipinski definition) is 4. The van der Waals surface area contributed by atoms with E-state index in [4.69, 9.17) is 4.74 Å². The number of piperazine rings is 1. The second-order valence-corrected chi connectivity index (χ2v) is 6.41. The lowest BCUT2D eigenvalue weighted by atomic mass is 10.2. The summed E-state index contributed by atoms with van der Waals surface area (Å²) >= 11 is 0. The van der Waals surface area contributed by atoms with E-state index in [1.807, 2.05) is 11.0 Å². The molecule has 1 atom stereocenters. The predicted molar refractivity (Wildman–Crippen MR) is 90.1 cm³/mol. The first-order valence-corrected chi connectivity index (χ1v) is 8.67. The number of amides is 1. The van der Waals surface area contributed by atoms with E-state index in [1.54, 1.807) is 0 Å². The van der Waals surface area contributed by atoms with Crippen molar-refractivity contribution in [3.05, 3.63) is 35.9 Å². The van der Waals surface area contributed by atoms with Gasteiger partial charge < -0.3 is 15.0 Å². The predicted octanol–water partition coefficient (Wildman–Crippen LogP) is 1.10. The maximum absolute atomic E-state index is 12.2. The Labute approximate surface area is 138 Å². The molecule has 0 spiro atoms. The normalized spacial score (nSPS) is 22.4. The summed E-state index contributed by atoms with van der Waals surface area (Å²) in [7, 11) is 0. The molecule has 1 aromatic carbocycles. The van der Waals surface area contributed by atoms with Crippen molar-refractivity contribution in [1.82, 2.24) is 15.1 Å². The Morgan fingerprint density at radius 1 is 1.17 bits per heavy atom. The highest BCUT2D eigenvalue weighted by Crippen LogP contribution is 2.11. The lowest BCUT2D eigenvalue weighted by molar-refractivity contribution is -0.132. The maximum Gasteiger partial charge on any atom is 0.236 e. The van der Waals surface area contributed by atoms with Gasteiger partial charge in [-0.15, -0.1) is 0 Å². The van der Waals surface area contributed by atoms with Gasteiger partial charge in [0.1, 0.15) is 0 Å². The fourth-order valence-electron chi connectivity index (χ4n) is 3.25. The smallest absolute Gasteiger partial charge is 0.236 e. The van der Waals surface area contributed by atoms with Crippen LogP contribution >= 0.6 is 0 Å². The van der Waals surface area contributed by atoms with Gasteiger partial charge in [-0.05, 0) is 18.4 Å². The van der Waals surface area contributed by atoms with Crippen LogP contribution in [-0.4, -0.2) is 67.7 Å². The number of carbonyl (C=O) groups excluding carboxylic acids is 1. The molecule has 0 aromatic heterocycles. The highest BCUT2D eigenvalue weighted by molar-refractivity contribution is 5.78. The summed E-state index contributed by atoms with van der Waals surface area (Å²) in [5, 5.41) is 3.25. The van der Waals surface area contributed by atoms with E-state index >= 15 is 0 Å². The lowest BCUT2D eigenvalue weighted by Crippen LogP contribution is -2.50. The maximum atomic E-state index is 12.2. The first kappa shape index (κ1) is 16.4. The highest BCUT2D eigenvalue weighted by Gasteiger charge is 2.21. The van der Waals surface area contributed by atoms with Gasteiger partial charge >= 0.3 is 0 Å². The minimum absolute atomic E-state index is 0.211. The zero-order valence-electron chi connectivity index (χ0n) is 13.7. The third kappa shape index (κ3) is 5.03. The molecule has 2 heterocycles. The molecule has 5 nitrogen and oxygen atoms in total. The molecule has 2 aliphatic heterocycles. The van der Waals surface area contributed by atoms with Gasteiger partial charge in [0, 0.05) is 45.9 Å². The van der Waals surface area contributed by atoms with E-state index in [1.165, 1.54) is 5.56 Å². The molecule has 0 aliphatic carbocycles. The van der Waals surface area contributed by atoms with Gasteiger partial charge in [0.05, 0.1) is 12.6 Å². The van der Waals surface area contributed by atoms with Crippen molar-refractivity contribution in [1.29, 1.82) is 0 Å². The van der Waals surface area contributed by atoms with Gasteiger partial charge in [-0.25, -0.2) is 0 Å². The van der Waals surface area contributed by atoms with Gasteiger partial charge in [0.15, 0.2) is 0 Å². The summed E-state index contributed by atoms with van der Waals surface area (Å²) in [4.78, 5) is 16.6.